The number of rotatable bonds is 5. The molecule has 0 aromatic carbocycles. The number of nitrogens with one attached hydrogen (secondary N) is 2. The highest BCUT2D eigenvalue weighted by Gasteiger charge is 2.12. The van der Waals surface area contributed by atoms with Crippen LogP contribution in [0.5, 0.6) is 0 Å². The Morgan fingerprint density at radius 3 is 2.76 bits per heavy atom. The largest absolute Gasteiger partial charge is 0.476 e. The zero-order valence-corrected chi connectivity index (χ0v) is 10.4. The van der Waals surface area contributed by atoms with Gasteiger partial charge in [-0.05, 0) is 0 Å². The lowest BCUT2D eigenvalue weighted by molar-refractivity contribution is 0.0692. The van der Waals surface area contributed by atoms with Gasteiger partial charge in [-0.3, -0.25) is 0 Å². The molecular weight excluding hydrogens is 244 g/mol. The molecule has 0 unspecified atom stereocenters. The van der Waals surface area contributed by atoms with Crippen LogP contribution in [0.1, 0.15) is 10.5 Å². The maximum absolute atomic E-state index is 11.2. The van der Waals surface area contributed by atoms with Crippen LogP contribution in [0.4, 0.5) is 9.80 Å². The number of amides is 2. The van der Waals surface area contributed by atoms with Crippen molar-refractivity contribution in [3.8, 4) is 0 Å². The molecule has 1 aromatic heterocycles. The van der Waals surface area contributed by atoms with Gasteiger partial charge >= 0.3 is 12.0 Å². The third kappa shape index (κ3) is 3.91. The van der Waals surface area contributed by atoms with E-state index in [-0.39, 0.29) is 11.7 Å². The number of thiazole rings is 1. The van der Waals surface area contributed by atoms with Crippen LogP contribution < -0.4 is 10.6 Å². The summed E-state index contributed by atoms with van der Waals surface area (Å²) >= 11 is 1.22. The van der Waals surface area contributed by atoms with Crippen LogP contribution in [0.2, 0.25) is 0 Å². The summed E-state index contributed by atoms with van der Waals surface area (Å²) in [6, 6.07) is -0.186. The summed E-state index contributed by atoms with van der Waals surface area (Å²) in [6.07, 6.45) is 0. The monoisotopic (exact) mass is 258 g/mol. The Morgan fingerprint density at radius 1 is 1.47 bits per heavy atom. The zero-order chi connectivity index (χ0) is 12.8. The predicted octanol–water partition coefficient (Wildman–Crippen LogP) is 0.524. The molecule has 1 rings (SSSR count). The number of aromatic carboxylic acids is 1. The Labute approximate surface area is 102 Å². The molecule has 0 bridgehead atoms. The summed E-state index contributed by atoms with van der Waals surface area (Å²) in [7, 11) is 3.29. The number of aromatic nitrogens is 1. The van der Waals surface area contributed by atoms with E-state index in [1.165, 1.54) is 21.7 Å². The second kappa shape index (κ2) is 6.04. The quantitative estimate of drug-likeness (QED) is 0.669. The smallest absolute Gasteiger partial charge is 0.357 e. The minimum atomic E-state index is -1.06. The first-order valence-corrected chi connectivity index (χ1v) is 5.76. The molecule has 0 radical (unpaired) electrons. The van der Waals surface area contributed by atoms with Gasteiger partial charge in [0.25, 0.3) is 0 Å². The van der Waals surface area contributed by atoms with Crippen molar-refractivity contribution in [2.45, 2.75) is 0 Å². The number of carboxylic acid groups (broad SMARTS) is 1. The number of hydrogen-bond acceptors (Lipinski definition) is 5. The van der Waals surface area contributed by atoms with Crippen molar-refractivity contribution >= 4 is 28.3 Å². The van der Waals surface area contributed by atoms with E-state index in [0.717, 1.165) is 0 Å². The number of urea groups is 1. The fourth-order valence-electron chi connectivity index (χ4n) is 1.03. The molecule has 8 heteroatoms. The Balaban J connectivity index is 2.34. The number of hydrogen-bond donors (Lipinski definition) is 3. The number of carboxylic acids is 1. The average Bonchev–Trinajstić information content (AvgIpc) is 2.72. The predicted molar refractivity (Wildman–Crippen MR) is 64.6 cm³/mol. The van der Waals surface area contributed by atoms with Crippen LogP contribution in [-0.2, 0) is 0 Å². The van der Waals surface area contributed by atoms with E-state index >= 15 is 0 Å². The van der Waals surface area contributed by atoms with Gasteiger partial charge in [0, 0.05) is 27.2 Å². The summed E-state index contributed by atoms with van der Waals surface area (Å²) in [5.41, 5.74) is 1.47. The molecule has 17 heavy (non-hydrogen) atoms. The lowest BCUT2D eigenvalue weighted by Gasteiger charge is -2.12. The lowest BCUT2D eigenvalue weighted by atomic mass is 10.4. The Hall–Kier alpha value is -1.83. The van der Waals surface area contributed by atoms with Crippen LogP contribution in [0.15, 0.2) is 5.51 Å². The molecule has 2 amide bonds. The van der Waals surface area contributed by atoms with Crippen LogP contribution in [0, 0.1) is 0 Å². The minimum absolute atomic E-state index is 0.00827. The van der Waals surface area contributed by atoms with Crippen molar-refractivity contribution in [1.29, 1.82) is 0 Å². The van der Waals surface area contributed by atoms with Crippen LogP contribution in [-0.4, -0.2) is 54.2 Å². The Morgan fingerprint density at radius 2 is 2.18 bits per heavy atom. The van der Waals surface area contributed by atoms with E-state index in [9.17, 15) is 9.59 Å². The molecule has 0 atom stereocenters. The van der Waals surface area contributed by atoms with E-state index in [1.54, 1.807) is 14.1 Å². The number of carbonyl (C=O) groups excluding carboxylic acids is 1. The Kier molecular flexibility index (Phi) is 4.70. The molecule has 94 valence electrons. The van der Waals surface area contributed by atoms with E-state index in [4.69, 9.17) is 5.11 Å². The normalized spacial score (nSPS) is 9.76. The minimum Gasteiger partial charge on any atom is -0.476 e. The van der Waals surface area contributed by atoms with Crippen molar-refractivity contribution in [3.05, 3.63) is 11.2 Å². The third-order valence-electron chi connectivity index (χ3n) is 1.86. The van der Waals surface area contributed by atoms with Gasteiger partial charge in [-0.2, -0.15) is 0 Å². The number of anilines is 1. The van der Waals surface area contributed by atoms with E-state index in [0.29, 0.717) is 18.1 Å². The molecule has 0 aliphatic carbocycles. The summed E-state index contributed by atoms with van der Waals surface area (Å²) < 4.78 is 0. The topological polar surface area (TPSA) is 94.6 Å². The SMILES string of the molecule is CN(C)C(=O)NCCNc1scnc1C(=O)O. The standard InChI is InChI=1S/C9H14N4O3S/c1-13(2)9(16)11-4-3-10-7-6(8(14)15)12-5-17-7/h5,10H,3-4H2,1-2H3,(H,11,16)(H,14,15). The van der Waals surface area contributed by atoms with Gasteiger partial charge in [-0.25, -0.2) is 14.6 Å². The molecule has 3 N–H and O–H groups in total. The molecule has 0 fully saturated rings. The summed E-state index contributed by atoms with van der Waals surface area (Å²) in [5, 5.41) is 14.9. The molecule has 0 saturated heterocycles. The average molecular weight is 258 g/mol. The zero-order valence-electron chi connectivity index (χ0n) is 9.56. The summed E-state index contributed by atoms with van der Waals surface area (Å²) in [4.78, 5) is 27.0. The molecule has 1 heterocycles. The first-order chi connectivity index (χ1) is 8.02. The maximum atomic E-state index is 11.2. The van der Waals surface area contributed by atoms with Crippen LogP contribution in [0.3, 0.4) is 0 Å². The van der Waals surface area contributed by atoms with Gasteiger partial charge in [0.15, 0.2) is 5.69 Å². The fraction of sp³-hybridized carbons (Fsp3) is 0.444. The van der Waals surface area contributed by atoms with Gasteiger partial charge < -0.3 is 20.6 Å². The van der Waals surface area contributed by atoms with E-state index in [1.807, 2.05) is 0 Å². The molecule has 0 aliphatic heterocycles. The van der Waals surface area contributed by atoms with Gasteiger partial charge in [-0.15, -0.1) is 11.3 Å². The summed E-state index contributed by atoms with van der Waals surface area (Å²) in [6.45, 7) is 0.857. The highest BCUT2D eigenvalue weighted by atomic mass is 32.1. The van der Waals surface area contributed by atoms with Crippen LogP contribution in [0.25, 0.3) is 0 Å². The fourth-order valence-corrected chi connectivity index (χ4v) is 1.73. The number of nitrogens with zero attached hydrogens (tertiary/aromatic N) is 2. The summed E-state index contributed by atoms with van der Waals surface area (Å²) in [5.74, 6) is -1.06. The highest BCUT2D eigenvalue weighted by molar-refractivity contribution is 7.14. The second-order valence-corrected chi connectivity index (χ2v) is 4.24. The van der Waals surface area contributed by atoms with Gasteiger partial charge in [-0.1, -0.05) is 0 Å². The lowest BCUT2D eigenvalue weighted by Crippen LogP contribution is -2.37. The first-order valence-electron chi connectivity index (χ1n) is 4.88. The van der Waals surface area contributed by atoms with E-state index < -0.39 is 5.97 Å². The van der Waals surface area contributed by atoms with Crippen molar-refractivity contribution < 1.29 is 14.7 Å². The maximum Gasteiger partial charge on any atom is 0.357 e. The molecule has 0 spiro atoms. The first kappa shape index (κ1) is 13.2. The second-order valence-electron chi connectivity index (χ2n) is 3.39. The van der Waals surface area contributed by atoms with Gasteiger partial charge in [0.1, 0.15) is 5.00 Å². The van der Waals surface area contributed by atoms with Crippen molar-refractivity contribution in [3.63, 3.8) is 0 Å². The molecule has 0 saturated carbocycles. The highest BCUT2D eigenvalue weighted by Crippen LogP contribution is 2.19. The van der Waals surface area contributed by atoms with Gasteiger partial charge in [0.05, 0.1) is 5.51 Å². The third-order valence-corrected chi connectivity index (χ3v) is 2.65. The van der Waals surface area contributed by atoms with Crippen molar-refractivity contribution in [1.82, 2.24) is 15.2 Å². The van der Waals surface area contributed by atoms with Crippen molar-refractivity contribution in [2.75, 3.05) is 32.5 Å². The molecule has 0 aliphatic rings. The Bertz CT molecular complexity index is 405. The molecule has 7 nitrogen and oxygen atoms in total. The molecular formula is C9H14N4O3S. The van der Waals surface area contributed by atoms with Crippen molar-refractivity contribution in [2.24, 2.45) is 0 Å². The van der Waals surface area contributed by atoms with Crippen LogP contribution >= 0.6 is 11.3 Å². The van der Waals surface area contributed by atoms with E-state index in [2.05, 4.69) is 15.6 Å². The van der Waals surface area contributed by atoms with Gasteiger partial charge in [0.2, 0.25) is 0 Å². The number of carbonyl (C=O) groups is 2. The molecule has 1 aromatic rings.